The van der Waals surface area contributed by atoms with Crippen LogP contribution in [0.4, 0.5) is 0 Å². The molecule has 0 unspecified atom stereocenters. The summed E-state index contributed by atoms with van der Waals surface area (Å²) >= 11 is 0. The van der Waals surface area contributed by atoms with E-state index < -0.39 is 6.04 Å². The fourth-order valence-electron chi connectivity index (χ4n) is 0.274. The molecule has 0 radical (unpaired) electrons. The van der Waals surface area contributed by atoms with Gasteiger partial charge in [0.25, 0.3) is 0 Å². The molecule has 0 saturated carbocycles. The minimum absolute atomic E-state index is 0.340. The topological polar surface area (TPSA) is 52.3 Å². The fraction of sp³-hybridized carbons (Fsp3) is 0.800. The van der Waals surface area contributed by atoms with Gasteiger partial charge in [-0.3, -0.25) is 4.79 Å². The number of rotatable bonds is 2. The monoisotopic (exact) mass is 117 g/mol. The molecule has 0 heterocycles. The smallest absolute Gasteiger partial charge is 0.322 e. The molecule has 0 aromatic heterocycles. The molecule has 0 fully saturated rings. The second-order valence-corrected chi connectivity index (χ2v) is 1.54. The van der Waals surface area contributed by atoms with Crippen LogP contribution in [0.15, 0.2) is 0 Å². The number of esters is 1. The van der Waals surface area contributed by atoms with E-state index in [1.165, 1.54) is 0 Å². The van der Waals surface area contributed by atoms with Crippen LogP contribution in [0.25, 0.3) is 0 Å². The van der Waals surface area contributed by atoms with Crippen molar-refractivity contribution in [2.24, 2.45) is 5.73 Å². The standard InChI is InChI=1S/C5H11NO2/c1-3-8-5(7)4(2)6/h4H,3,6H2,1-2H3/t4-/m1/s1. The van der Waals surface area contributed by atoms with E-state index in [9.17, 15) is 4.79 Å². The molecule has 8 heavy (non-hydrogen) atoms. The van der Waals surface area contributed by atoms with Crippen molar-refractivity contribution >= 4 is 5.97 Å². The minimum Gasteiger partial charge on any atom is -0.465 e. The molecule has 48 valence electrons. The zero-order valence-electron chi connectivity index (χ0n) is 5.18. The Morgan fingerprint density at radius 3 is 2.50 bits per heavy atom. The number of carbonyl (C=O) groups is 1. The van der Waals surface area contributed by atoms with Crippen LogP contribution in [0.3, 0.4) is 0 Å². The van der Waals surface area contributed by atoms with Crippen LogP contribution in [0.2, 0.25) is 0 Å². The van der Waals surface area contributed by atoms with Crippen molar-refractivity contribution in [3.63, 3.8) is 0 Å². The quantitative estimate of drug-likeness (QED) is 0.514. The Balaban J connectivity index is 3.33. The number of ether oxygens (including phenoxy) is 1. The number of carbonyl (C=O) groups excluding carboxylic acids is 1. The van der Waals surface area contributed by atoms with Crippen molar-refractivity contribution in [3.8, 4) is 0 Å². The molecule has 0 amide bonds. The summed E-state index contributed by atoms with van der Waals surface area (Å²) in [6, 6.07) is -0.491. The zero-order chi connectivity index (χ0) is 6.57. The van der Waals surface area contributed by atoms with Gasteiger partial charge in [-0.1, -0.05) is 0 Å². The van der Waals surface area contributed by atoms with Crippen molar-refractivity contribution in [3.05, 3.63) is 0 Å². The molecule has 0 bridgehead atoms. The molecule has 0 aromatic rings. The van der Waals surface area contributed by atoms with Gasteiger partial charge in [-0.15, -0.1) is 0 Å². The minimum atomic E-state index is -0.491. The second kappa shape index (κ2) is 3.43. The predicted molar refractivity (Wildman–Crippen MR) is 30.3 cm³/mol. The molecule has 2 N–H and O–H groups in total. The first-order valence-corrected chi connectivity index (χ1v) is 2.60. The summed E-state index contributed by atoms with van der Waals surface area (Å²) in [7, 11) is 0. The third kappa shape index (κ3) is 2.58. The summed E-state index contributed by atoms with van der Waals surface area (Å²) in [5.74, 6) is -0.340. The molecular formula is C5H11NO2. The van der Waals surface area contributed by atoms with E-state index in [2.05, 4.69) is 4.74 Å². The molecule has 0 saturated heterocycles. The van der Waals surface area contributed by atoms with Crippen molar-refractivity contribution in [1.29, 1.82) is 0 Å². The summed E-state index contributed by atoms with van der Waals surface area (Å²) in [5, 5.41) is 0. The molecule has 0 aliphatic heterocycles. The highest BCUT2D eigenvalue weighted by Gasteiger charge is 2.05. The molecule has 0 aliphatic rings. The van der Waals surface area contributed by atoms with E-state index in [1.807, 2.05) is 0 Å². The molecule has 0 aromatic carbocycles. The molecule has 1 atom stereocenters. The highest BCUT2D eigenvalue weighted by atomic mass is 16.5. The van der Waals surface area contributed by atoms with Gasteiger partial charge in [-0.25, -0.2) is 0 Å². The lowest BCUT2D eigenvalue weighted by molar-refractivity contribution is -0.144. The lowest BCUT2D eigenvalue weighted by atomic mass is 10.4. The maximum absolute atomic E-state index is 10.4. The third-order valence-corrected chi connectivity index (χ3v) is 0.658. The average Bonchev–Trinajstić information content (AvgIpc) is 1.67. The average molecular weight is 117 g/mol. The molecule has 3 heteroatoms. The summed E-state index contributed by atoms with van der Waals surface area (Å²) in [6.07, 6.45) is 0. The van der Waals surface area contributed by atoms with Gasteiger partial charge in [0.15, 0.2) is 0 Å². The van der Waals surface area contributed by atoms with Crippen molar-refractivity contribution in [2.45, 2.75) is 19.9 Å². The predicted octanol–water partition coefficient (Wildman–Crippen LogP) is -0.103. The van der Waals surface area contributed by atoms with E-state index in [1.54, 1.807) is 13.8 Å². The largest absolute Gasteiger partial charge is 0.465 e. The third-order valence-electron chi connectivity index (χ3n) is 0.658. The SMILES string of the molecule is CCOC(=O)[C@@H](C)N. The lowest BCUT2D eigenvalue weighted by Crippen LogP contribution is -2.28. The highest BCUT2D eigenvalue weighted by molar-refractivity contribution is 5.74. The van der Waals surface area contributed by atoms with E-state index in [-0.39, 0.29) is 5.97 Å². The Hall–Kier alpha value is -0.570. The van der Waals surface area contributed by atoms with Crippen LogP contribution < -0.4 is 5.73 Å². The number of hydrogen-bond acceptors (Lipinski definition) is 3. The van der Waals surface area contributed by atoms with Crippen LogP contribution in [0.1, 0.15) is 13.8 Å². The van der Waals surface area contributed by atoms with Gasteiger partial charge < -0.3 is 10.5 Å². The lowest BCUT2D eigenvalue weighted by Gasteiger charge is -2.02. The number of nitrogens with two attached hydrogens (primary N) is 1. The maximum atomic E-state index is 10.4. The van der Waals surface area contributed by atoms with E-state index in [0.29, 0.717) is 6.61 Å². The Morgan fingerprint density at radius 2 is 2.38 bits per heavy atom. The summed E-state index contributed by atoms with van der Waals surface area (Å²) < 4.78 is 4.54. The van der Waals surface area contributed by atoms with Gasteiger partial charge in [0.05, 0.1) is 6.61 Å². The first kappa shape index (κ1) is 7.43. The molecule has 0 aliphatic carbocycles. The Morgan fingerprint density at radius 1 is 1.88 bits per heavy atom. The van der Waals surface area contributed by atoms with E-state index in [4.69, 9.17) is 5.73 Å². The van der Waals surface area contributed by atoms with Crippen LogP contribution in [0, 0.1) is 0 Å². The maximum Gasteiger partial charge on any atom is 0.322 e. The molecular weight excluding hydrogens is 106 g/mol. The fourth-order valence-corrected chi connectivity index (χ4v) is 0.274. The normalized spacial score (nSPS) is 12.9. The van der Waals surface area contributed by atoms with Gasteiger partial charge in [-0.2, -0.15) is 0 Å². The van der Waals surface area contributed by atoms with Gasteiger partial charge in [-0.05, 0) is 13.8 Å². The van der Waals surface area contributed by atoms with Gasteiger partial charge in [0, 0.05) is 0 Å². The van der Waals surface area contributed by atoms with Gasteiger partial charge in [0.2, 0.25) is 0 Å². The number of hydrogen-bond donors (Lipinski definition) is 1. The summed E-state index contributed by atoms with van der Waals surface area (Å²) in [4.78, 5) is 10.4. The second-order valence-electron chi connectivity index (χ2n) is 1.54. The van der Waals surface area contributed by atoms with Gasteiger partial charge in [0.1, 0.15) is 6.04 Å². The highest BCUT2D eigenvalue weighted by Crippen LogP contribution is 1.80. The summed E-state index contributed by atoms with van der Waals surface area (Å²) in [5.41, 5.74) is 5.15. The van der Waals surface area contributed by atoms with Crippen LogP contribution in [0.5, 0.6) is 0 Å². The first-order chi connectivity index (χ1) is 3.68. The Kier molecular flexibility index (Phi) is 3.19. The van der Waals surface area contributed by atoms with Crippen molar-refractivity contribution < 1.29 is 9.53 Å². The molecule has 0 rings (SSSR count). The van der Waals surface area contributed by atoms with Crippen molar-refractivity contribution in [1.82, 2.24) is 0 Å². The van der Waals surface area contributed by atoms with E-state index >= 15 is 0 Å². The van der Waals surface area contributed by atoms with Crippen LogP contribution in [-0.4, -0.2) is 18.6 Å². The molecule has 3 nitrogen and oxygen atoms in total. The van der Waals surface area contributed by atoms with Crippen LogP contribution in [-0.2, 0) is 9.53 Å². The van der Waals surface area contributed by atoms with Crippen LogP contribution >= 0.6 is 0 Å². The molecule has 0 spiro atoms. The van der Waals surface area contributed by atoms with Crippen molar-refractivity contribution in [2.75, 3.05) is 6.61 Å². The Labute approximate surface area is 48.8 Å². The Bertz CT molecular complexity index is 80.5. The van der Waals surface area contributed by atoms with Gasteiger partial charge >= 0.3 is 5.97 Å². The summed E-state index contributed by atoms with van der Waals surface area (Å²) in [6.45, 7) is 3.75. The first-order valence-electron chi connectivity index (χ1n) is 2.60. The van der Waals surface area contributed by atoms with E-state index in [0.717, 1.165) is 0 Å². The zero-order valence-corrected chi connectivity index (χ0v) is 5.18.